The number of carboxylic acids is 1. The number of rotatable bonds is 5. The van der Waals surface area contributed by atoms with Gasteiger partial charge in [-0.15, -0.1) is 0 Å². The van der Waals surface area contributed by atoms with E-state index in [1.54, 1.807) is 6.92 Å². The third-order valence-corrected chi connectivity index (χ3v) is 2.91. The Bertz CT molecular complexity index is 478. The summed E-state index contributed by atoms with van der Waals surface area (Å²) >= 11 is 0. The molecule has 1 aromatic carbocycles. The minimum absolute atomic E-state index is 0.0864. The highest BCUT2D eigenvalue weighted by atomic mass is 19.1. The number of likely N-dealkylation sites (N-methyl/N-ethyl adjacent to an activating group) is 1. The lowest BCUT2D eigenvalue weighted by molar-refractivity contribution is -0.154. The molecule has 0 aliphatic rings. The molecule has 1 atom stereocenters. The first kappa shape index (κ1) is 14.1. The molecule has 1 unspecified atom stereocenters. The van der Waals surface area contributed by atoms with Crippen LogP contribution in [0.25, 0.3) is 0 Å². The molecule has 0 aliphatic heterocycles. The van der Waals surface area contributed by atoms with Gasteiger partial charge in [-0.1, -0.05) is 6.07 Å². The van der Waals surface area contributed by atoms with Gasteiger partial charge in [0.25, 0.3) is 0 Å². The molecule has 0 spiro atoms. The van der Waals surface area contributed by atoms with E-state index in [9.17, 15) is 23.5 Å². The summed E-state index contributed by atoms with van der Waals surface area (Å²) in [5.41, 5.74) is -2.13. The van der Waals surface area contributed by atoms with Gasteiger partial charge in [0.05, 0.1) is 0 Å². The summed E-state index contributed by atoms with van der Waals surface area (Å²) < 4.78 is 26.5. The van der Waals surface area contributed by atoms with Crippen LogP contribution in [0.15, 0.2) is 18.2 Å². The molecule has 1 rings (SSSR count). The second-order valence-corrected chi connectivity index (χ2v) is 3.89. The maximum Gasteiger partial charge on any atom is 0.334 e. The van der Waals surface area contributed by atoms with Crippen LogP contribution >= 0.6 is 0 Å². The second-order valence-electron chi connectivity index (χ2n) is 3.89. The lowest BCUT2D eigenvalue weighted by Gasteiger charge is -2.35. The summed E-state index contributed by atoms with van der Waals surface area (Å²) in [6.07, 6.45) is 0.330. The fraction of sp³-hybridized carbons (Fsp3) is 0.333. The first-order chi connectivity index (χ1) is 8.37. The minimum atomic E-state index is -1.87. The molecule has 98 valence electrons. The Labute approximate surface area is 103 Å². The summed E-state index contributed by atoms with van der Waals surface area (Å²) in [5.74, 6) is -3.19. The highest BCUT2D eigenvalue weighted by Crippen LogP contribution is 2.30. The SMILES string of the molecule is CCN(C=O)C(C)(C(=O)O)c1ccc(F)cc1F. The van der Waals surface area contributed by atoms with Crippen molar-refractivity contribution < 1.29 is 23.5 Å². The quantitative estimate of drug-likeness (QED) is 0.817. The summed E-state index contributed by atoms with van der Waals surface area (Å²) in [6, 6.07) is 2.58. The van der Waals surface area contributed by atoms with Crippen LogP contribution in [0, 0.1) is 11.6 Å². The minimum Gasteiger partial charge on any atom is -0.479 e. The Morgan fingerprint density at radius 3 is 2.50 bits per heavy atom. The first-order valence-corrected chi connectivity index (χ1v) is 5.28. The number of carboxylic acid groups (broad SMARTS) is 1. The number of carbonyl (C=O) groups excluding carboxylic acids is 1. The molecule has 0 radical (unpaired) electrons. The molecule has 0 fully saturated rings. The Morgan fingerprint density at radius 1 is 1.50 bits per heavy atom. The van der Waals surface area contributed by atoms with Crippen molar-refractivity contribution in [3.63, 3.8) is 0 Å². The number of benzene rings is 1. The van der Waals surface area contributed by atoms with Crippen LogP contribution in [0.3, 0.4) is 0 Å². The summed E-state index contributed by atoms with van der Waals surface area (Å²) in [5, 5.41) is 9.25. The largest absolute Gasteiger partial charge is 0.479 e. The summed E-state index contributed by atoms with van der Waals surface area (Å²) in [4.78, 5) is 23.2. The third-order valence-electron chi connectivity index (χ3n) is 2.91. The molecule has 4 nitrogen and oxygen atoms in total. The van der Waals surface area contributed by atoms with E-state index in [0.717, 1.165) is 17.0 Å². The van der Waals surface area contributed by atoms with Crippen molar-refractivity contribution in [1.29, 1.82) is 0 Å². The Morgan fingerprint density at radius 2 is 2.11 bits per heavy atom. The van der Waals surface area contributed by atoms with Crippen LogP contribution in [0.4, 0.5) is 8.78 Å². The lowest BCUT2D eigenvalue weighted by Crippen LogP contribution is -2.49. The van der Waals surface area contributed by atoms with Crippen molar-refractivity contribution in [2.45, 2.75) is 19.4 Å². The molecule has 0 saturated heterocycles. The van der Waals surface area contributed by atoms with Crippen molar-refractivity contribution in [3.05, 3.63) is 35.4 Å². The molecule has 0 aromatic heterocycles. The number of hydrogen-bond acceptors (Lipinski definition) is 2. The molecule has 0 heterocycles. The van der Waals surface area contributed by atoms with E-state index in [1.165, 1.54) is 6.92 Å². The molecule has 1 aromatic rings. The molecule has 1 N–H and O–H groups in total. The van der Waals surface area contributed by atoms with Crippen LogP contribution in [-0.4, -0.2) is 28.9 Å². The van der Waals surface area contributed by atoms with Crippen molar-refractivity contribution >= 4 is 12.4 Å². The highest BCUT2D eigenvalue weighted by Gasteiger charge is 2.42. The number of nitrogens with zero attached hydrogens (tertiary/aromatic N) is 1. The van der Waals surface area contributed by atoms with Gasteiger partial charge in [-0.25, -0.2) is 13.6 Å². The molecule has 0 bridgehead atoms. The fourth-order valence-corrected chi connectivity index (χ4v) is 1.77. The van der Waals surface area contributed by atoms with E-state index in [2.05, 4.69) is 0 Å². The molecular formula is C12H13F2NO3. The van der Waals surface area contributed by atoms with Crippen LogP contribution in [0.2, 0.25) is 0 Å². The fourth-order valence-electron chi connectivity index (χ4n) is 1.77. The van der Waals surface area contributed by atoms with Crippen LogP contribution < -0.4 is 0 Å². The number of hydrogen-bond donors (Lipinski definition) is 1. The topological polar surface area (TPSA) is 57.6 Å². The second kappa shape index (κ2) is 5.12. The Kier molecular flexibility index (Phi) is 4.00. The number of carbonyl (C=O) groups is 2. The van der Waals surface area contributed by atoms with E-state index in [-0.39, 0.29) is 12.1 Å². The standard InChI is InChI=1S/C12H13F2NO3/c1-3-15(7-16)12(2,11(17)18)9-5-4-8(13)6-10(9)14/h4-7H,3H2,1-2H3,(H,17,18). The van der Waals surface area contributed by atoms with E-state index >= 15 is 0 Å². The number of amides is 1. The molecule has 6 heteroatoms. The van der Waals surface area contributed by atoms with Gasteiger partial charge in [0.15, 0.2) is 5.54 Å². The zero-order valence-electron chi connectivity index (χ0n) is 9.98. The van der Waals surface area contributed by atoms with Gasteiger partial charge in [0.1, 0.15) is 11.6 Å². The van der Waals surface area contributed by atoms with Crippen molar-refractivity contribution in [2.24, 2.45) is 0 Å². The van der Waals surface area contributed by atoms with Crippen molar-refractivity contribution in [3.8, 4) is 0 Å². The zero-order valence-corrected chi connectivity index (χ0v) is 9.98. The molecule has 18 heavy (non-hydrogen) atoms. The van der Waals surface area contributed by atoms with Gasteiger partial charge in [-0.3, -0.25) is 4.79 Å². The lowest BCUT2D eigenvalue weighted by atomic mass is 9.90. The normalized spacial score (nSPS) is 13.8. The predicted octanol–water partition coefficient (Wildman–Crippen LogP) is 1.74. The smallest absolute Gasteiger partial charge is 0.334 e. The number of aliphatic carboxylic acids is 1. The van der Waals surface area contributed by atoms with Crippen molar-refractivity contribution in [2.75, 3.05) is 6.54 Å². The van der Waals surface area contributed by atoms with E-state index in [4.69, 9.17) is 0 Å². The van der Waals surface area contributed by atoms with Crippen LogP contribution in [0.1, 0.15) is 19.4 Å². The summed E-state index contributed by atoms with van der Waals surface area (Å²) in [6.45, 7) is 2.85. The molecule has 0 aliphatic carbocycles. The highest BCUT2D eigenvalue weighted by molar-refractivity contribution is 5.82. The van der Waals surface area contributed by atoms with Gasteiger partial charge in [-0.05, 0) is 19.9 Å². The van der Waals surface area contributed by atoms with E-state index in [1.807, 2.05) is 0 Å². The van der Waals surface area contributed by atoms with Gasteiger partial charge >= 0.3 is 5.97 Å². The van der Waals surface area contributed by atoms with Crippen LogP contribution in [-0.2, 0) is 15.1 Å². The number of halogens is 2. The predicted molar refractivity (Wildman–Crippen MR) is 59.8 cm³/mol. The average Bonchev–Trinajstić information content (AvgIpc) is 2.29. The maximum absolute atomic E-state index is 13.7. The molecule has 0 saturated carbocycles. The Hall–Kier alpha value is -1.98. The van der Waals surface area contributed by atoms with Crippen molar-refractivity contribution in [1.82, 2.24) is 4.90 Å². The molecular weight excluding hydrogens is 244 g/mol. The van der Waals surface area contributed by atoms with Crippen LogP contribution in [0.5, 0.6) is 0 Å². The zero-order chi connectivity index (χ0) is 13.9. The Balaban J connectivity index is 3.44. The molecule has 1 amide bonds. The summed E-state index contributed by atoms with van der Waals surface area (Å²) in [7, 11) is 0. The van der Waals surface area contributed by atoms with E-state index < -0.39 is 23.1 Å². The maximum atomic E-state index is 13.7. The average molecular weight is 257 g/mol. The van der Waals surface area contributed by atoms with Gasteiger partial charge in [0.2, 0.25) is 6.41 Å². The monoisotopic (exact) mass is 257 g/mol. The van der Waals surface area contributed by atoms with E-state index in [0.29, 0.717) is 12.5 Å². The third kappa shape index (κ3) is 2.18. The van der Waals surface area contributed by atoms with Gasteiger partial charge < -0.3 is 10.0 Å². The first-order valence-electron chi connectivity index (χ1n) is 5.28. The van der Waals surface area contributed by atoms with Gasteiger partial charge in [0, 0.05) is 18.2 Å². The van der Waals surface area contributed by atoms with Gasteiger partial charge in [-0.2, -0.15) is 0 Å².